The second kappa shape index (κ2) is 5.98. The molecule has 3 heteroatoms. The van der Waals surface area contributed by atoms with Crippen molar-refractivity contribution < 1.29 is 4.74 Å². The van der Waals surface area contributed by atoms with E-state index < -0.39 is 0 Å². The Hall–Kier alpha value is -1.32. The molecular weight excluding hydrogens is 314 g/mol. The van der Waals surface area contributed by atoms with Crippen molar-refractivity contribution in [1.82, 2.24) is 5.32 Å². The molecule has 1 heterocycles. The summed E-state index contributed by atoms with van der Waals surface area (Å²) in [6, 6.07) is 17.0. The number of hydrogen-bond acceptors (Lipinski definition) is 2. The van der Waals surface area contributed by atoms with Gasteiger partial charge in [0.1, 0.15) is 11.9 Å². The normalized spacial score (nSPS) is 18.4. The van der Waals surface area contributed by atoms with Crippen molar-refractivity contribution in [3.8, 4) is 5.75 Å². The minimum Gasteiger partial charge on any atom is -0.488 e. The quantitative estimate of drug-likeness (QED) is 0.910. The zero-order valence-electron chi connectivity index (χ0n) is 11.5. The van der Waals surface area contributed by atoms with E-state index in [1.54, 1.807) is 0 Å². The highest BCUT2D eigenvalue weighted by atomic mass is 79.9. The number of benzene rings is 2. The van der Waals surface area contributed by atoms with Crippen LogP contribution in [0.4, 0.5) is 0 Å². The molecule has 2 aromatic rings. The lowest BCUT2D eigenvalue weighted by Gasteiger charge is -2.18. The zero-order chi connectivity index (χ0) is 13.9. The maximum atomic E-state index is 5.95. The summed E-state index contributed by atoms with van der Waals surface area (Å²) in [5, 5.41) is 3.56. The molecule has 0 saturated heterocycles. The predicted molar refractivity (Wildman–Crippen MR) is 85.1 cm³/mol. The maximum Gasteiger partial charge on any atom is 0.123 e. The van der Waals surface area contributed by atoms with Gasteiger partial charge in [0.25, 0.3) is 0 Å². The molecule has 0 radical (unpaired) electrons. The van der Waals surface area contributed by atoms with Gasteiger partial charge in [-0.15, -0.1) is 0 Å². The van der Waals surface area contributed by atoms with E-state index >= 15 is 0 Å². The lowest BCUT2D eigenvalue weighted by molar-refractivity contribution is 0.222. The van der Waals surface area contributed by atoms with Gasteiger partial charge in [0.2, 0.25) is 0 Å². The fourth-order valence-corrected chi connectivity index (χ4v) is 2.99. The van der Waals surface area contributed by atoms with Gasteiger partial charge in [-0.2, -0.15) is 0 Å². The monoisotopic (exact) mass is 331 g/mol. The van der Waals surface area contributed by atoms with Crippen LogP contribution in [-0.4, -0.2) is 12.6 Å². The molecule has 1 N–H and O–H groups in total. The van der Waals surface area contributed by atoms with E-state index in [0.717, 1.165) is 23.2 Å². The predicted octanol–water partition coefficient (Wildman–Crippen LogP) is 4.10. The third kappa shape index (κ3) is 3.05. The highest BCUT2D eigenvalue weighted by Gasteiger charge is 2.22. The van der Waals surface area contributed by atoms with Gasteiger partial charge in [-0.05, 0) is 36.2 Å². The molecule has 1 aliphatic heterocycles. The summed E-state index contributed by atoms with van der Waals surface area (Å²) < 4.78 is 7.06. The van der Waals surface area contributed by atoms with Crippen LogP contribution in [0.2, 0.25) is 0 Å². The molecule has 1 unspecified atom stereocenters. The van der Waals surface area contributed by atoms with E-state index in [-0.39, 0.29) is 6.10 Å². The molecule has 2 atom stereocenters. The van der Waals surface area contributed by atoms with Crippen LogP contribution in [0.5, 0.6) is 5.75 Å². The Balaban J connectivity index is 1.56. The summed E-state index contributed by atoms with van der Waals surface area (Å²) in [4.78, 5) is 0. The molecule has 0 bridgehead atoms. The molecule has 104 valence electrons. The maximum absolute atomic E-state index is 5.95. The number of fused-ring (bicyclic) bond motifs is 1. The van der Waals surface area contributed by atoms with Gasteiger partial charge in [0.15, 0.2) is 0 Å². The first-order chi connectivity index (χ1) is 9.72. The number of ether oxygens (including phenoxy) is 1. The van der Waals surface area contributed by atoms with Crippen molar-refractivity contribution in [1.29, 1.82) is 0 Å². The molecule has 2 nitrogen and oxygen atoms in total. The minimum absolute atomic E-state index is 0.238. The first-order valence-corrected chi connectivity index (χ1v) is 7.75. The Morgan fingerprint density at radius 3 is 2.90 bits per heavy atom. The zero-order valence-corrected chi connectivity index (χ0v) is 13.1. The largest absolute Gasteiger partial charge is 0.488 e. The Morgan fingerprint density at radius 1 is 1.25 bits per heavy atom. The van der Waals surface area contributed by atoms with Gasteiger partial charge >= 0.3 is 0 Å². The summed E-state index contributed by atoms with van der Waals surface area (Å²) >= 11 is 3.51. The molecule has 0 aliphatic carbocycles. The summed E-state index contributed by atoms with van der Waals surface area (Å²) in [6.07, 6.45) is 1.23. The molecule has 20 heavy (non-hydrogen) atoms. The van der Waals surface area contributed by atoms with Crippen molar-refractivity contribution in [2.24, 2.45) is 0 Å². The Kier molecular flexibility index (Phi) is 4.08. The Morgan fingerprint density at radius 2 is 2.10 bits per heavy atom. The topological polar surface area (TPSA) is 21.3 Å². The average Bonchev–Trinajstić information content (AvgIpc) is 2.87. The van der Waals surface area contributed by atoms with Gasteiger partial charge < -0.3 is 10.1 Å². The summed E-state index contributed by atoms with van der Waals surface area (Å²) in [5.41, 5.74) is 2.60. The summed E-state index contributed by atoms with van der Waals surface area (Å²) in [5.74, 6) is 1.04. The van der Waals surface area contributed by atoms with Crippen molar-refractivity contribution in [2.75, 3.05) is 6.54 Å². The highest BCUT2D eigenvalue weighted by molar-refractivity contribution is 9.10. The average molecular weight is 332 g/mol. The van der Waals surface area contributed by atoms with Crippen molar-refractivity contribution in [3.05, 3.63) is 64.1 Å². The highest BCUT2D eigenvalue weighted by Crippen LogP contribution is 2.28. The van der Waals surface area contributed by atoms with Crippen LogP contribution in [0, 0.1) is 0 Å². The SMILES string of the molecule is C[C@H](NCC1Cc2ccccc2O1)c1cccc(Br)c1. The molecule has 1 aliphatic rings. The van der Waals surface area contributed by atoms with Gasteiger partial charge in [-0.1, -0.05) is 46.3 Å². The summed E-state index contributed by atoms with van der Waals surface area (Å²) in [6.45, 7) is 3.05. The first-order valence-electron chi connectivity index (χ1n) is 6.96. The van der Waals surface area contributed by atoms with E-state index in [4.69, 9.17) is 4.74 Å². The number of para-hydroxylation sites is 1. The van der Waals surface area contributed by atoms with Crippen molar-refractivity contribution in [2.45, 2.75) is 25.5 Å². The fourth-order valence-electron chi connectivity index (χ4n) is 2.57. The van der Waals surface area contributed by atoms with Gasteiger partial charge in [-0.25, -0.2) is 0 Å². The lowest BCUT2D eigenvalue weighted by atomic mass is 10.1. The van der Waals surface area contributed by atoms with E-state index in [2.05, 4.69) is 58.5 Å². The van der Waals surface area contributed by atoms with Gasteiger partial charge in [-0.3, -0.25) is 0 Å². The smallest absolute Gasteiger partial charge is 0.123 e. The molecular formula is C17H18BrNO. The van der Waals surface area contributed by atoms with Crippen LogP contribution < -0.4 is 10.1 Å². The van der Waals surface area contributed by atoms with Crippen LogP contribution in [-0.2, 0) is 6.42 Å². The molecule has 0 amide bonds. The first kappa shape index (κ1) is 13.7. The molecule has 2 aromatic carbocycles. The second-order valence-corrected chi connectivity index (χ2v) is 6.15. The van der Waals surface area contributed by atoms with Crippen molar-refractivity contribution >= 4 is 15.9 Å². The van der Waals surface area contributed by atoms with Crippen LogP contribution in [0.25, 0.3) is 0 Å². The lowest BCUT2D eigenvalue weighted by Crippen LogP contribution is -2.31. The van der Waals surface area contributed by atoms with E-state index in [9.17, 15) is 0 Å². The Labute approximate surface area is 128 Å². The Bertz CT molecular complexity index is 574. The summed E-state index contributed by atoms with van der Waals surface area (Å²) in [7, 11) is 0. The fraction of sp³-hybridized carbons (Fsp3) is 0.294. The van der Waals surface area contributed by atoms with Crippen molar-refractivity contribution in [3.63, 3.8) is 0 Å². The van der Waals surface area contributed by atoms with Gasteiger partial charge in [0.05, 0.1) is 0 Å². The molecule has 0 fully saturated rings. The van der Waals surface area contributed by atoms with Crippen LogP contribution in [0.1, 0.15) is 24.1 Å². The third-order valence-corrected chi connectivity index (χ3v) is 4.21. The second-order valence-electron chi connectivity index (χ2n) is 5.24. The molecule has 3 rings (SSSR count). The molecule has 0 aromatic heterocycles. The van der Waals surface area contributed by atoms with E-state index in [1.807, 2.05) is 18.2 Å². The van der Waals surface area contributed by atoms with Gasteiger partial charge in [0, 0.05) is 23.5 Å². The number of nitrogens with one attached hydrogen (secondary N) is 1. The number of hydrogen-bond donors (Lipinski definition) is 1. The standard InChI is InChI=1S/C17H18BrNO/c1-12(13-6-4-7-15(18)9-13)19-11-16-10-14-5-2-3-8-17(14)20-16/h2-9,12,16,19H,10-11H2,1H3/t12-,16?/m0/s1. The molecule has 0 spiro atoms. The van der Waals surface area contributed by atoms with E-state index in [1.165, 1.54) is 11.1 Å². The minimum atomic E-state index is 0.238. The third-order valence-electron chi connectivity index (χ3n) is 3.71. The van der Waals surface area contributed by atoms with Crippen LogP contribution in [0.3, 0.4) is 0 Å². The van der Waals surface area contributed by atoms with Crippen LogP contribution in [0.15, 0.2) is 53.0 Å². The number of rotatable bonds is 4. The molecule has 0 saturated carbocycles. The number of halogens is 1. The van der Waals surface area contributed by atoms with E-state index in [0.29, 0.717) is 6.04 Å². The van der Waals surface area contributed by atoms with Crippen LogP contribution >= 0.6 is 15.9 Å².